The van der Waals surface area contributed by atoms with Gasteiger partial charge in [0.05, 0.1) is 29.9 Å². The van der Waals surface area contributed by atoms with Gasteiger partial charge in [0, 0.05) is 44.0 Å². The maximum absolute atomic E-state index is 13.1. The van der Waals surface area contributed by atoms with Crippen LogP contribution < -0.4 is 10.2 Å². The fourth-order valence-electron chi connectivity index (χ4n) is 4.16. The number of hydrogen-bond acceptors (Lipinski definition) is 5. The molecule has 2 aromatic heterocycles. The van der Waals surface area contributed by atoms with E-state index in [1.165, 1.54) is 5.69 Å². The van der Waals surface area contributed by atoms with Gasteiger partial charge in [0.1, 0.15) is 0 Å². The highest BCUT2D eigenvalue weighted by Gasteiger charge is 2.28. The third-order valence-electron chi connectivity index (χ3n) is 5.99. The summed E-state index contributed by atoms with van der Waals surface area (Å²) in [6, 6.07) is 10.4. The Kier molecular flexibility index (Phi) is 4.90. The number of pyridine rings is 1. The Morgan fingerprint density at radius 2 is 1.93 bits per heavy atom. The molecule has 0 atom stereocenters. The zero-order valence-electron chi connectivity index (χ0n) is 17.5. The SMILES string of the molecule is Cc1nn(C)c2nc(C3CC3)cc(C(=O)NCc3ccc(N4CCOCC4)cc3)c12. The van der Waals surface area contributed by atoms with Crippen LogP contribution in [-0.4, -0.2) is 47.0 Å². The standard InChI is InChI=1S/C23H27N5O2/c1-15-21-19(13-20(17-5-6-17)25-22(21)27(2)26-15)23(29)24-14-16-3-7-18(8-4-16)28-9-11-30-12-10-28/h3-4,7-8,13,17H,5-6,9-12,14H2,1-2H3,(H,24,29). The summed E-state index contributed by atoms with van der Waals surface area (Å²) in [5, 5.41) is 8.43. The molecule has 1 saturated heterocycles. The second-order valence-electron chi connectivity index (χ2n) is 8.23. The van der Waals surface area contributed by atoms with Crippen molar-refractivity contribution in [2.45, 2.75) is 32.2 Å². The van der Waals surface area contributed by atoms with E-state index in [9.17, 15) is 4.79 Å². The van der Waals surface area contributed by atoms with Crippen molar-refractivity contribution in [2.75, 3.05) is 31.2 Å². The number of nitrogens with zero attached hydrogens (tertiary/aromatic N) is 4. The third-order valence-corrected chi connectivity index (χ3v) is 5.99. The molecule has 1 aromatic carbocycles. The quantitative estimate of drug-likeness (QED) is 0.707. The minimum Gasteiger partial charge on any atom is -0.378 e. The number of hydrogen-bond donors (Lipinski definition) is 1. The van der Waals surface area contributed by atoms with Gasteiger partial charge < -0.3 is 15.0 Å². The lowest BCUT2D eigenvalue weighted by Gasteiger charge is -2.28. The Hall–Kier alpha value is -2.93. The average molecular weight is 406 g/mol. The predicted octanol–water partition coefficient (Wildman–Crippen LogP) is 2.92. The van der Waals surface area contributed by atoms with Crippen molar-refractivity contribution in [1.82, 2.24) is 20.1 Å². The topological polar surface area (TPSA) is 72.3 Å². The highest BCUT2D eigenvalue weighted by Crippen LogP contribution is 2.40. The van der Waals surface area contributed by atoms with Crippen LogP contribution in [0.2, 0.25) is 0 Å². The molecule has 0 unspecified atom stereocenters. The molecule has 3 heterocycles. The third kappa shape index (κ3) is 3.65. The van der Waals surface area contributed by atoms with Crippen molar-refractivity contribution < 1.29 is 9.53 Å². The molecule has 2 aliphatic rings. The molecule has 1 aliphatic carbocycles. The zero-order chi connectivity index (χ0) is 20.7. The fourth-order valence-corrected chi connectivity index (χ4v) is 4.16. The number of carbonyl (C=O) groups excluding carboxylic acids is 1. The second kappa shape index (κ2) is 7.72. The largest absolute Gasteiger partial charge is 0.378 e. The van der Waals surface area contributed by atoms with Crippen molar-refractivity contribution in [3.05, 3.63) is 52.8 Å². The normalized spacial score (nSPS) is 16.8. The van der Waals surface area contributed by atoms with E-state index in [-0.39, 0.29) is 5.91 Å². The molecule has 5 rings (SSSR count). The van der Waals surface area contributed by atoms with E-state index in [0.717, 1.165) is 67.1 Å². The lowest BCUT2D eigenvalue weighted by molar-refractivity contribution is 0.0952. The Balaban J connectivity index is 1.33. The minimum absolute atomic E-state index is 0.0716. The van der Waals surface area contributed by atoms with Crippen molar-refractivity contribution in [2.24, 2.45) is 7.05 Å². The molecule has 2 fully saturated rings. The highest BCUT2D eigenvalue weighted by molar-refractivity contribution is 6.06. The van der Waals surface area contributed by atoms with E-state index in [1.807, 2.05) is 20.0 Å². The molecule has 0 bridgehead atoms. The highest BCUT2D eigenvalue weighted by atomic mass is 16.5. The van der Waals surface area contributed by atoms with Crippen LogP contribution >= 0.6 is 0 Å². The molecule has 1 saturated carbocycles. The molecular weight excluding hydrogens is 378 g/mol. The number of nitrogens with one attached hydrogen (secondary N) is 1. The molecule has 1 aliphatic heterocycles. The Morgan fingerprint density at radius 3 is 2.63 bits per heavy atom. The maximum atomic E-state index is 13.1. The van der Waals surface area contributed by atoms with Crippen LogP contribution in [0.5, 0.6) is 0 Å². The van der Waals surface area contributed by atoms with Gasteiger partial charge in [0.25, 0.3) is 5.91 Å². The van der Waals surface area contributed by atoms with Gasteiger partial charge in [-0.25, -0.2) is 4.98 Å². The van der Waals surface area contributed by atoms with E-state index in [4.69, 9.17) is 9.72 Å². The Bertz CT molecular complexity index is 1080. The molecule has 156 valence electrons. The first-order valence-corrected chi connectivity index (χ1v) is 10.6. The van der Waals surface area contributed by atoms with Gasteiger partial charge >= 0.3 is 0 Å². The summed E-state index contributed by atoms with van der Waals surface area (Å²) in [5.74, 6) is 0.404. The second-order valence-corrected chi connectivity index (χ2v) is 8.23. The summed E-state index contributed by atoms with van der Waals surface area (Å²) >= 11 is 0. The molecule has 0 radical (unpaired) electrons. The summed E-state index contributed by atoms with van der Waals surface area (Å²) in [6.07, 6.45) is 2.29. The lowest BCUT2D eigenvalue weighted by atomic mass is 10.1. The number of amides is 1. The first-order chi connectivity index (χ1) is 14.6. The monoisotopic (exact) mass is 405 g/mol. The molecule has 3 aromatic rings. The number of aromatic nitrogens is 3. The Labute approximate surface area is 176 Å². The molecule has 30 heavy (non-hydrogen) atoms. The van der Waals surface area contributed by atoms with Crippen molar-refractivity contribution in [3.63, 3.8) is 0 Å². The van der Waals surface area contributed by atoms with Crippen molar-refractivity contribution in [3.8, 4) is 0 Å². The van der Waals surface area contributed by atoms with Gasteiger partial charge in [0.15, 0.2) is 5.65 Å². The van der Waals surface area contributed by atoms with E-state index in [1.54, 1.807) is 4.68 Å². The van der Waals surface area contributed by atoms with Crippen molar-refractivity contribution >= 4 is 22.6 Å². The Morgan fingerprint density at radius 1 is 1.20 bits per heavy atom. The molecule has 1 N–H and O–H groups in total. The van der Waals surface area contributed by atoms with Crippen LogP contribution in [0, 0.1) is 6.92 Å². The van der Waals surface area contributed by atoms with Crippen LogP contribution in [0.4, 0.5) is 5.69 Å². The van der Waals surface area contributed by atoms with E-state index in [0.29, 0.717) is 18.0 Å². The van der Waals surface area contributed by atoms with Crippen LogP contribution in [0.1, 0.15) is 46.1 Å². The molecule has 0 spiro atoms. The maximum Gasteiger partial charge on any atom is 0.252 e. The number of carbonyl (C=O) groups is 1. The summed E-state index contributed by atoms with van der Waals surface area (Å²) < 4.78 is 7.20. The van der Waals surface area contributed by atoms with Gasteiger partial charge in [-0.15, -0.1) is 0 Å². The smallest absolute Gasteiger partial charge is 0.252 e. The van der Waals surface area contributed by atoms with Crippen LogP contribution in [0.15, 0.2) is 30.3 Å². The number of morpholine rings is 1. The summed E-state index contributed by atoms with van der Waals surface area (Å²) in [5.41, 5.74) is 5.59. The summed E-state index contributed by atoms with van der Waals surface area (Å²) in [6.45, 7) is 5.81. The number of rotatable bonds is 5. The van der Waals surface area contributed by atoms with Gasteiger partial charge in [-0.2, -0.15) is 5.10 Å². The van der Waals surface area contributed by atoms with Gasteiger partial charge in [0.2, 0.25) is 0 Å². The number of fused-ring (bicyclic) bond motifs is 1. The van der Waals surface area contributed by atoms with E-state index >= 15 is 0 Å². The zero-order valence-corrected chi connectivity index (χ0v) is 17.5. The van der Waals surface area contributed by atoms with E-state index < -0.39 is 0 Å². The predicted molar refractivity (Wildman–Crippen MR) is 116 cm³/mol. The molecular formula is C23H27N5O2. The van der Waals surface area contributed by atoms with Gasteiger partial charge in [-0.05, 0) is 43.5 Å². The average Bonchev–Trinajstić information content (AvgIpc) is 3.59. The molecule has 1 amide bonds. The summed E-state index contributed by atoms with van der Waals surface area (Å²) in [7, 11) is 1.89. The van der Waals surface area contributed by atoms with Crippen LogP contribution in [-0.2, 0) is 18.3 Å². The lowest BCUT2D eigenvalue weighted by Crippen LogP contribution is -2.36. The van der Waals surface area contributed by atoms with Crippen LogP contribution in [0.3, 0.4) is 0 Å². The first-order valence-electron chi connectivity index (χ1n) is 10.6. The molecule has 7 heteroatoms. The number of benzene rings is 1. The molecule has 7 nitrogen and oxygen atoms in total. The summed E-state index contributed by atoms with van der Waals surface area (Å²) in [4.78, 5) is 20.2. The first kappa shape index (κ1) is 19.1. The van der Waals surface area contributed by atoms with E-state index in [2.05, 4.69) is 39.6 Å². The van der Waals surface area contributed by atoms with Gasteiger partial charge in [-0.1, -0.05) is 12.1 Å². The number of ether oxygens (including phenoxy) is 1. The minimum atomic E-state index is -0.0716. The van der Waals surface area contributed by atoms with Crippen LogP contribution in [0.25, 0.3) is 11.0 Å². The van der Waals surface area contributed by atoms with Crippen molar-refractivity contribution in [1.29, 1.82) is 0 Å². The van der Waals surface area contributed by atoms with Gasteiger partial charge in [-0.3, -0.25) is 9.48 Å². The number of anilines is 1. The fraction of sp³-hybridized carbons (Fsp3) is 0.435. The number of aryl methyl sites for hydroxylation is 2.